The topological polar surface area (TPSA) is 96.6 Å². The summed E-state index contributed by atoms with van der Waals surface area (Å²) < 4.78 is 0. The number of nitrogens with two attached hydrogens (primary N) is 1. The van der Waals surface area contributed by atoms with Crippen molar-refractivity contribution in [1.82, 2.24) is 5.32 Å². The summed E-state index contributed by atoms with van der Waals surface area (Å²) in [5.74, 6) is -0.252. The zero-order chi connectivity index (χ0) is 15.4. The van der Waals surface area contributed by atoms with Crippen LogP contribution in [0.15, 0.2) is 29.3 Å². The molecule has 1 saturated carbocycles. The highest BCUT2D eigenvalue weighted by Gasteiger charge is 2.28. The molecule has 0 spiro atoms. The smallest absolute Gasteiger partial charge is 0.259 e. The SMILES string of the molecule is CC(=O)Nc1ccccc1C(=O)N/C(S)=N/C(N)C1CC1. The Hall–Kier alpha value is -1.86. The fraction of sp³-hybridized carbons (Fsp3) is 0.357. The van der Waals surface area contributed by atoms with E-state index in [2.05, 4.69) is 28.3 Å². The Labute approximate surface area is 128 Å². The Morgan fingerprint density at radius 1 is 1.38 bits per heavy atom. The molecule has 2 rings (SSSR count). The van der Waals surface area contributed by atoms with Gasteiger partial charge in [0.2, 0.25) is 5.91 Å². The zero-order valence-corrected chi connectivity index (χ0v) is 12.6. The molecular weight excluding hydrogens is 288 g/mol. The fourth-order valence-corrected chi connectivity index (χ4v) is 2.10. The number of aliphatic imine (C=N–C) groups is 1. The maximum Gasteiger partial charge on any atom is 0.259 e. The first-order valence-electron chi connectivity index (χ1n) is 6.67. The average molecular weight is 306 g/mol. The average Bonchev–Trinajstić information content (AvgIpc) is 3.22. The van der Waals surface area contributed by atoms with Crippen molar-refractivity contribution in [2.75, 3.05) is 5.32 Å². The van der Waals surface area contributed by atoms with E-state index in [-0.39, 0.29) is 17.2 Å². The maximum atomic E-state index is 12.2. The van der Waals surface area contributed by atoms with Gasteiger partial charge in [-0.25, -0.2) is 4.99 Å². The molecule has 2 amide bonds. The Morgan fingerprint density at radius 3 is 2.67 bits per heavy atom. The van der Waals surface area contributed by atoms with Crippen LogP contribution in [-0.2, 0) is 4.79 Å². The molecule has 0 bridgehead atoms. The molecule has 4 N–H and O–H groups in total. The molecular formula is C14H18N4O2S. The number of benzene rings is 1. The lowest BCUT2D eigenvalue weighted by Gasteiger charge is -2.11. The minimum absolute atomic E-state index is 0.178. The summed E-state index contributed by atoms with van der Waals surface area (Å²) in [4.78, 5) is 27.5. The van der Waals surface area contributed by atoms with Crippen LogP contribution in [0.3, 0.4) is 0 Å². The lowest BCUT2D eigenvalue weighted by atomic mass is 10.1. The molecule has 0 saturated heterocycles. The zero-order valence-electron chi connectivity index (χ0n) is 11.7. The van der Waals surface area contributed by atoms with Crippen molar-refractivity contribution in [3.63, 3.8) is 0 Å². The van der Waals surface area contributed by atoms with E-state index < -0.39 is 5.91 Å². The predicted octanol–water partition coefficient (Wildman–Crippen LogP) is 1.36. The van der Waals surface area contributed by atoms with Crippen molar-refractivity contribution in [3.05, 3.63) is 29.8 Å². The summed E-state index contributed by atoms with van der Waals surface area (Å²) in [6, 6.07) is 6.72. The lowest BCUT2D eigenvalue weighted by Crippen LogP contribution is -2.31. The molecule has 21 heavy (non-hydrogen) atoms. The van der Waals surface area contributed by atoms with Gasteiger partial charge in [-0.2, -0.15) is 0 Å². The molecule has 6 nitrogen and oxygen atoms in total. The molecule has 0 radical (unpaired) electrons. The summed E-state index contributed by atoms with van der Waals surface area (Å²) in [5, 5.41) is 5.35. The van der Waals surface area contributed by atoms with Crippen LogP contribution in [0, 0.1) is 5.92 Å². The molecule has 0 heterocycles. The van der Waals surface area contributed by atoms with E-state index in [1.54, 1.807) is 24.3 Å². The molecule has 1 unspecified atom stereocenters. The van der Waals surface area contributed by atoms with E-state index >= 15 is 0 Å². The molecule has 1 aliphatic rings. The minimum Gasteiger partial charge on any atom is -0.326 e. The van der Waals surface area contributed by atoms with Gasteiger partial charge in [0.1, 0.15) is 6.17 Å². The van der Waals surface area contributed by atoms with Gasteiger partial charge in [0.25, 0.3) is 5.91 Å². The van der Waals surface area contributed by atoms with Gasteiger partial charge in [0.05, 0.1) is 11.3 Å². The second-order valence-electron chi connectivity index (χ2n) is 4.96. The molecule has 1 atom stereocenters. The highest BCUT2D eigenvalue weighted by Crippen LogP contribution is 2.32. The summed E-state index contributed by atoms with van der Waals surface area (Å²) >= 11 is 4.14. The monoisotopic (exact) mass is 306 g/mol. The number of para-hydroxylation sites is 1. The van der Waals surface area contributed by atoms with Crippen LogP contribution in [0.4, 0.5) is 5.69 Å². The quantitative estimate of drug-likeness (QED) is 0.384. The van der Waals surface area contributed by atoms with E-state index in [0.717, 1.165) is 12.8 Å². The summed E-state index contributed by atoms with van der Waals surface area (Å²) in [6.45, 7) is 1.38. The first-order chi connectivity index (χ1) is 9.97. The van der Waals surface area contributed by atoms with Gasteiger partial charge in [0, 0.05) is 6.92 Å². The fourth-order valence-electron chi connectivity index (χ4n) is 1.87. The van der Waals surface area contributed by atoms with Crippen LogP contribution in [0.2, 0.25) is 0 Å². The van der Waals surface area contributed by atoms with Crippen molar-refractivity contribution >= 4 is 35.3 Å². The summed E-state index contributed by atoms with van der Waals surface area (Å²) in [6.07, 6.45) is 1.79. The molecule has 112 valence electrons. The van der Waals surface area contributed by atoms with Crippen molar-refractivity contribution < 1.29 is 9.59 Å². The lowest BCUT2D eigenvalue weighted by molar-refractivity contribution is -0.114. The van der Waals surface area contributed by atoms with E-state index in [1.165, 1.54) is 6.92 Å². The Balaban J connectivity index is 2.07. The molecule has 0 aliphatic heterocycles. The first-order valence-corrected chi connectivity index (χ1v) is 7.12. The van der Waals surface area contributed by atoms with Crippen molar-refractivity contribution in [2.24, 2.45) is 16.6 Å². The molecule has 0 aromatic heterocycles. The third kappa shape index (κ3) is 4.57. The molecule has 1 aliphatic carbocycles. The van der Waals surface area contributed by atoms with Crippen LogP contribution < -0.4 is 16.4 Å². The van der Waals surface area contributed by atoms with Crippen LogP contribution in [0.1, 0.15) is 30.1 Å². The van der Waals surface area contributed by atoms with Crippen LogP contribution in [0.25, 0.3) is 0 Å². The molecule has 1 aromatic carbocycles. The largest absolute Gasteiger partial charge is 0.326 e. The number of carbonyl (C=O) groups is 2. The van der Waals surface area contributed by atoms with Crippen LogP contribution in [0.5, 0.6) is 0 Å². The third-order valence-corrected chi connectivity index (χ3v) is 3.31. The van der Waals surface area contributed by atoms with E-state index in [0.29, 0.717) is 17.2 Å². The first kappa shape index (κ1) is 15.5. The van der Waals surface area contributed by atoms with E-state index in [4.69, 9.17) is 5.73 Å². The minimum atomic E-state index is -0.393. The highest BCUT2D eigenvalue weighted by atomic mass is 32.1. The second kappa shape index (κ2) is 6.73. The van der Waals surface area contributed by atoms with Gasteiger partial charge in [0.15, 0.2) is 5.17 Å². The summed E-state index contributed by atoms with van der Waals surface area (Å²) in [7, 11) is 0. The van der Waals surface area contributed by atoms with Gasteiger partial charge in [-0.3, -0.25) is 9.59 Å². The summed E-state index contributed by atoms with van der Waals surface area (Å²) in [5.41, 5.74) is 6.63. The number of hydrogen-bond donors (Lipinski definition) is 4. The Kier molecular flexibility index (Phi) is 4.98. The standard InChI is InChI=1S/C14H18N4O2S/c1-8(19)16-11-5-3-2-4-10(11)13(20)18-14(21)17-12(15)9-6-7-9/h2-5,9,12H,6-7,15H2,1H3,(H,16,19)(H2,17,18,20,21). The number of rotatable bonds is 4. The second-order valence-corrected chi connectivity index (χ2v) is 5.39. The number of nitrogens with zero attached hydrogens (tertiary/aromatic N) is 1. The van der Waals surface area contributed by atoms with Gasteiger partial charge in [-0.05, 0) is 30.9 Å². The van der Waals surface area contributed by atoms with E-state index in [9.17, 15) is 9.59 Å². The van der Waals surface area contributed by atoms with Crippen LogP contribution >= 0.6 is 12.6 Å². The van der Waals surface area contributed by atoms with Crippen molar-refractivity contribution in [3.8, 4) is 0 Å². The van der Waals surface area contributed by atoms with E-state index in [1.807, 2.05) is 0 Å². The van der Waals surface area contributed by atoms with Crippen molar-refractivity contribution in [1.29, 1.82) is 0 Å². The Morgan fingerprint density at radius 2 is 2.05 bits per heavy atom. The normalized spacial score (nSPS) is 16.2. The Bertz CT molecular complexity index is 584. The number of amides is 2. The number of carbonyl (C=O) groups excluding carboxylic acids is 2. The third-order valence-electron chi connectivity index (χ3n) is 3.08. The van der Waals surface area contributed by atoms with Gasteiger partial charge >= 0.3 is 0 Å². The van der Waals surface area contributed by atoms with Gasteiger partial charge in [-0.15, -0.1) is 12.6 Å². The van der Waals surface area contributed by atoms with Gasteiger partial charge < -0.3 is 16.4 Å². The number of nitrogens with one attached hydrogen (secondary N) is 2. The molecule has 7 heteroatoms. The van der Waals surface area contributed by atoms with Crippen molar-refractivity contribution in [2.45, 2.75) is 25.9 Å². The number of hydrogen-bond acceptors (Lipinski definition) is 4. The highest BCUT2D eigenvalue weighted by molar-refractivity contribution is 7.96. The van der Waals surface area contributed by atoms with Crippen LogP contribution in [-0.4, -0.2) is 23.1 Å². The number of amidine groups is 1. The molecule has 1 fully saturated rings. The molecule has 1 aromatic rings. The maximum absolute atomic E-state index is 12.2. The van der Waals surface area contributed by atoms with Gasteiger partial charge in [-0.1, -0.05) is 12.1 Å². The number of thiol groups is 1. The predicted molar refractivity (Wildman–Crippen MR) is 85.3 cm³/mol. The number of anilines is 1.